The van der Waals surface area contributed by atoms with Crippen molar-refractivity contribution in [1.82, 2.24) is 0 Å². The number of fused-ring (bicyclic) bond motifs is 1. The van der Waals surface area contributed by atoms with Crippen molar-refractivity contribution in [2.75, 3.05) is 0 Å². The van der Waals surface area contributed by atoms with Gasteiger partial charge < -0.3 is 4.42 Å². The maximum atomic E-state index is 11.4. The third-order valence-corrected chi connectivity index (χ3v) is 2.19. The molecule has 0 radical (unpaired) electrons. The van der Waals surface area contributed by atoms with E-state index in [9.17, 15) is 9.59 Å². The van der Waals surface area contributed by atoms with Crippen LogP contribution >= 0.6 is 0 Å². The van der Waals surface area contributed by atoms with Gasteiger partial charge in [-0.25, -0.2) is 0 Å². The van der Waals surface area contributed by atoms with Gasteiger partial charge >= 0.3 is 0 Å². The SMILES string of the molecule is N#CCC(=O)c1cc2cc(C=O)ccc2o1. The minimum atomic E-state index is -0.355. The monoisotopic (exact) mass is 213 g/mol. The lowest BCUT2D eigenvalue weighted by Gasteiger charge is -1.88. The molecule has 1 aromatic carbocycles. The molecule has 0 aliphatic rings. The van der Waals surface area contributed by atoms with Crippen molar-refractivity contribution in [3.63, 3.8) is 0 Å². The van der Waals surface area contributed by atoms with Crippen LogP contribution in [0.3, 0.4) is 0 Å². The fourth-order valence-corrected chi connectivity index (χ4v) is 1.43. The van der Waals surface area contributed by atoms with E-state index in [2.05, 4.69) is 0 Å². The summed E-state index contributed by atoms with van der Waals surface area (Å²) in [6.45, 7) is 0. The number of furan rings is 1. The molecule has 0 N–H and O–H groups in total. The van der Waals surface area contributed by atoms with Gasteiger partial charge in [0.2, 0.25) is 5.78 Å². The molecule has 0 fully saturated rings. The van der Waals surface area contributed by atoms with E-state index in [1.807, 2.05) is 0 Å². The zero-order chi connectivity index (χ0) is 11.5. The predicted molar refractivity (Wildman–Crippen MR) is 56.2 cm³/mol. The Morgan fingerprint density at radius 2 is 2.25 bits per heavy atom. The van der Waals surface area contributed by atoms with E-state index in [4.69, 9.17) is 9.68 Å². The molecule has 0 bridgehead atoms. The number of benzene rings is 1. The van der Waals surface area contributed by atoms with Crippen molar-refractivity contribution in [1.29, 1.82) is 5.26 Å². The first-order valence-corrected chi connectivity index (χ1v) is 4.63. The summed E-state index contributed by atoms with van der Waals surface area (Å²) in [6.07, 6.45) is 0.517. The number of hydrogen-bond donors (Lipinski definition) is 0. The Bertz CT molecular complexity index is 604. The molecular formula is C12H7NO3. The summed E-state index contributed by atoms with van der Waals surface area (Å²) in [6, 6.07) is 8.18. The van der Waals surface area contributed by atoms with Gasteiger partial charge in [0.15, 0.2) is 5.76 Å². The molecule has 0 saturated heterocycles. The second kappa shape index (κ2) is 3.99. The average molecular weight is 213 g/mol. The van der Waals surface area contributed by atoms with Gasteiger partial charge in [0, 0.05) is 10.9 Å². The first-order chi connectivity index (χ1) is 7.74. The van der Waals surface area contributed by atoms with E-state index in [1.54, 1.807) is 30.3 Å². The predicted octanol–water partition coefficient (Wildman–Crippen LogP) is 2.34. The van der Waals surface area contributed by atoms with Crippen LogP contribution in [0.1, 0.15) is 27.3 Å². The zero-order valence-electron chi connectivity index (χ0n) is 8.27. The van der Waals surface area contributed by atoms with Crippen LogP contribution in [0, 0.1) is 11.3 Å². The molecule has 78 valence electrons. The molecule has 0 saturated carbocycles. The summed E-state index contributed by atoms with van der Waals surface area (Å²) < 4.78 is 5.27. The summed E-state index contributed by atoms with van der Waals surface area (Å²) in [5, 5.41) is 9.08. The van der Waals surface area contributed by atoms with E-state index < -0.39 is 0 Å². The first kappa shape index (κ1) is 10.1. The van der Waals surface area contributed by atoms with Crippen LogP contribution in [-0.4, -0.2) is 12.1 Å². The molecule has 16 heavy (non-hydrogen) atoms. The Morgan fingerprint density at radius 3 is 2.94 bits per heavy atom. The van der Waals surface area contributed by atoms with Crippen LogP contribution in [0.2, 0.25) is 0 Å². The Labute approximate surface area is 91.1 Å². The largest absolute Gasteiger partial charge is 0.453 e. The number of aldehydes is 1. The summed E-state index contributed by atoms with van der Waals surface area (Å²) >= 11 is 0. The van der Waals surface area contributed by atoms with Crippen molar-refractivity contribution in [3.05, 3.63) is 35.6 Å². The molecule has 1 heterocycles. The molecule has 0 unspecified atom stereocenters. The van der Waals surface area contributed by atoms with Crippen molar-refractivity contribution >= 4 is 23.0 Å². The van der Waals surface area contributed by atoms with E-state index in [-0.39, 0.29) is 18.0 Å². The van der Waals surface area contributed by atoms with Crippen molar-refractivity contribution in [2.24, 2.45) is 0 Å². The molecule has 2 rings (SSSR count). The molecule has 4 heteroatoms. The highest BCUT2D eigenvalue weighted by Crippen LogP contribution is 2.21. The number of carbonyl (C=O) groups is 2. The highest BCUT2D eigenvalue weighted by molar-refractivity contribution is 5.99. The quantitative estimate of drug-likeness (QED) is 0.579. The summed E-state index contributed by atoms with van der Waals surface area (Å²) in [5.74, 6) is -0.203. The minimum Gasteiger partial charge on any atom is -0.453 e. The molecule has 1 aromatic heterocycles. The Morgan fingerprint density at radius 1 is 1.44 bits per heavy atom. The second-order valence-corrected chi connectivity index (χ2v) is 3.28. The van der Waals surface area contributed by atoms with E-state index in [0.29, 0.717) is 16.5 Å². The Hall–Kier alpha value is -2.41. The number of carbonyl (C=O) groups excluding carboxylic acids is 2. The third-order valence-electron chi connectivity index (χ3n) is 2.19. The van der Waals surface area contributed by atoms with Crippen LogP contribution in [0.25, 0.3) is 11.0 Å². The lowest BCUT2D eigenvalue weighted by Crippen LogP contribution is -1.93. The maximum Gasteiger partial charge on any atom is 0.212 e. The fourth-order valence-electron chi connectivity index (χ4n) is 1.43. The van der Waals surface area contributed by atoms with Crippen LogP contribution < -0.4 is 0 Å². The smallest absolute Gasteiger partial charge is 0.212 e. The zero-order valence-corrected chi connectivity index (χ0v) is 8.27. The van der Waals surface area contributed by atoms with E-state index in [0.717, 1.165) is 6.29 Å². The van der Waals surface area contributed by atoms with Crippen LogP contribution in [-0.2, 0) is 0 Å². The van der Waals surface area contributed by atoms with Gasteiger partial charge in [-0.05, 0) is 24.3 Å². The topological polar surface area (TPSA) is 71.1 Å². The number of nitriles is 1. The molecule has 0 amide bonds. The van der Waals surface area contributed by atoms with Crippen LogP contribution in [0.5, 0.6) is 0 Å². The normalized spacial score (nSPS) is 9.94. The van der Waals surface area contributed by atoms with Crippen molar-refractivity contribution in [2.45, 2.75) is 6.42 Å². The van der Waals surface area contributed by atoms with Gasteiger partial charge in [-0.1, -0.05) is 0 Å². The standard InChI is InChI=1S/C12H7NO3/c13-4-3-10(15)12-6-9-5-8(7-14)1-2-11(9)16-12/h1-2,5-7H,3H2. The van der Waals surface area contributed by atoms with Gasteiger partial charge in [-0.2, -0.15) is 5.26 Å². The van der Waals surface area contributed by atoms with Crippen molar-refractivity contribution in [3.8, 4) is 6.07 Å². The summed E-state index contributed by atoms with van der Waals surface area (Å²) in [4.78, 5) is 21.9. The second-order valence-electron chi connectivity index (χ2n) is 3.28. The maximum absolute atomic E-state index is 11.4. The number of nitrogens with zero attached hydrogens (tertiary/aromatic N) is 1. The van der Waals surface area contributed by atoms with Gasteiger partial charge in [0.25, 0.3) is 0 Å². The van der Waals surface area contributed by atoms with Crippen LogP contribution in [0.15, 0.2) is 28.7 Å². The molecule has 0 aliphatic carbocycles. The third kappa shape index (κ3) is 1.71. The number of Topliss-reactive ketones (excluding diaryl/α,β-unsaturated/α-hetero) is 1. The highest BCUT2D eigenvalue weighted by Gasteiger charge is 2.11. The lowest BCUT2D eigenvalue weighted by atomic mass is 10.1. The molecular weight excluding hydrogens is 206 g/mol. The highest BCUT2D eigenvalue weighted by atomic mass is 16.3. The first-order valence-electron chi connectivity index (χ1n) is 4.63. The summed E-state index contributed by atoms with van der Waals surface area (Å²) in [7, 11) is 0. The van der Waals surface area contributed by atoms with E-state index in [1.165, 1.54) is 0 Å². The molecule has 0 aliphatic heterocycles. The molecule has 4 nitrogen and oxygen atoms in total. The molecule has 0 atom stereocenters. The van der Waals surface area contributed by atoms with Gasteiger partial charge in [0.1, 0.15) is 18.3 Å². The number of rotatable bonds is 3. The van der Waals surface area contributed by atoms with E-state index >= 15 is 0 Å². The average Bonchev–Trinajstić information content (AvgIpc) is 2.71. The van der Waals surface area contributed by atoms with Gasteiger partial charge in [0.05, 0.1) is 6.07 Å². The fraction of sp³-hybridized carbons (Fsp3) is 0.0833. The number of hydrogen-bond acceptors (Lipinski definition) is 4. The summed E-state index contributed by atoms with van der Waals surface area (Å²) in [5.41, 5.74) is 1.06. The minimum absolute atomic E-state index is 0.152. The molecule has 2 aromatic rings. The Balaban J connectivity index is 2.48. The Kier molecular flexibility index (Phi) is 2.52. The van der Waals surface area contributed by atoms with Crippen LogP contribution in [0.4, 0.5) is 0 Å². The number of ketones is 1. The van der Waals surface area contributed by atoms with Gasteiger partial charge in [-0.15, -0.1) is 0 Å². The van der Waals surface area contributed by atoms with Gasteiger partial charge in [-0.3, -0.25) is 9.59 Å². The van der Waals surface area contributed by atoms with Crippen molar-refractivity contribution < 1.29 is 14.0 Å². The molecule has 0 spiro atoms. The lowest BCUT2D eigenvalue weighted by molar-refractivity contribution is 0.0973.